The molecule has 136 valence electrons. The number of nitrogens with zero attached hydrogens (tertiary/aromatic N) is 2. The number of aromatic amines is 1. The molecule has 0 atom stereocenters. The number of carbonyl (C=O) groups excluding carboxylic acids is 1. The Kier molecular flexibility index (Phi) is 5.10. The van der Waals surface area contributed by atoms with Crippen LogP contribution in [0.4, 0.5) is 23.7 Å². The summed E-state index contributed by atoms with van der Waals surface area (Å²) in [6, 6.07) is 5.88. The van der Waals surface area contributed by atoms with E-state index in [0.29, 0.717) is 0 Å². The molecule has 2 rings (SSSR count). The highest BCUT2D eigenvalue weighted by molar-refractivity contribution is 5.89. The molecule has 2 amide bonds. The van der Waals surface area contributed by atoms with E-state index in [1.54, 1.807) is 7.05 Å². The first-order valence-corrected chi connectivity index (χ1v) is 7.71. The van der Waals surface area contributed by atoms with E-state index in [9.17, 15) is 18.0 Å². The van der Waals surface area contributed by atoms with Gasteiger partial charge in [0, 0.05) is 18.2 Å². The third-order valence-corrected chi connectivity index (χ3v) is 3.59. The standard InChI is InChI=1S/C17H21F3N4O/c1-16(2,3)14-9-13(22-23-14)10-24(4)15(25)21-12-7-5-6-11(8-12)17(18,19)20/h5-9H,10H2,1-4H3,(H,21,25)(H,22,23). The monoisotopic (exact) mass is 354 g/mol. The van der Waals surface area contributed by atoms with Crippen LogP contribution in [0.1, 0.15) is 37.7 Å². The lowest BCUT2D eigenvalue weighted by atomic mass is 9.92. The van der Waals surface area contributed by atoms with Crippen LogP contribution in [0.2, 0.25) is 0 Å². The molecule has 0 radical (unpaired) electrons. The Morgan fingerprint density at radius 1 is 1.24 bits per heavy atom. The highest BCUT2D eigenvalue weighted by Crippen LogP contribution is 2.30. The Balaban J connectivity index is 2.02. The van der Waals surface area contributed by atoms with Gasteiger partial charge in [0.05, 0.1) is 23.5 Å². The van der Waals surface area contributed by atoms with Crippen molar-refractivity contribution in [2.24, 2.45) is 0 Å². The first kappa shape index (κ1) is 18.8. The SMILES string of the molecule is CN(Cc1cc(C(C)(C)C)n[nH]1)C(=O)Nc1cccc(C(F)(F)F)c1. The van der Waals surface area contributed by atoms with Crippen molar-refractivity contribution >= 4 is 11.7 Å². The quantitative estimate of drug-likeness (QED) is 0.859. The molecule has 25 heavy (non-hydrogen) atoms. The molecule has 0 aliphatic carbocycles. The van der Waals surface area contributed by atoms with Crippen LogP contribution in [-0.4, -0.2) is 28.2 Å². The van der Waals surface area contributed by atoms with E-state index in [0.717, 1.165) is 23.5 Å². The van der Waals surface area contributed by atoms with Gasteiger partial charge < -0.3 is 10.2 Å². The fourth-order valence-electron chi connectivity index (χ4n) is 2.15. The number of alkyl halides is 3. The lowest BCUT2D eigenvalue weighted by molar-refractivity contribution is -0.137. The molecule has 0 spiro atoms. The highest BCUT2D eigenvalue weighted by atomic mass is 19.4. The van der Waals surface area contributed by atoms with Gasteiger partial charge in [-0.15, -0.1) is 0 Å². The van der Waals surface area contributed by atoms with Gasteiger partial charge in [0.2, 0.25) is 0 Å². The van der Waals surface area contributed by atoms with Gasteiger partial charge in [-0.3, -0.25) is 5.10 Å². The molecule has 2 aromatic rings. The first-order chi connectivity index (χ1) is 11.5. The lowest BCUT2D eigenvalue weighted by Crippen LogP contribution is -2.31. The third-order valence-electron chi connectivity index (χ3n) is 3.59. The van der Waals surface area contributed by atoms with Crippen molar-refractivity contribution < 1.29 is 18.0 Å². The van der Waals surface area contributed by atoms with Gasteiger partial charge in [-0.1, -0.05) is 26.8 Å². The van der Waals surface area contributed by atoms with Gasteiger partial charge in [-0.05, 0) is 24.3 Å². The van der Waals surface area contributed by atoms with E-state index in [-0.39, 0.29) is 17.6 Å². The number of rotatable bonds is 3. The maximum Gasteiger partial charge on any atom is 0.416 e. The molecule has 0 aliphatic rings. The lowest BCUT2D eigenvalue weighted by Gasteiger charge is -2.18. The molecular formula is C17H21F3N4O. The second kappa shape index (κ2) is 6.78. The van der Waals surface area contributed by atoms with E-state index < -0.39 is 17.8 Å². The molecule has 0 bridgehead atoms. The molecule has 1 aromatic carbocycles. The van der Waals surface area contributed by atoms with E-state index in [4.69, 9.17) is 0 Å². The predicted molar refractivity (Wildman–Crippen MR) is 89.2 cm³/mol. The number of amides is 2. The maximum atomic E-state index is 12.7. The minimum atomic E-state index is -4.45. The van der Waals surface area contributed by atoms with Crippen molar-refractivity contribution in [1.82, 2.24) is 15.1 Å². The van der Waals surface area contributed by atoms with Crippen molar-refractivity contribution in [3.8, 4) is 0 Å². The Morgan fingerprint density at radius 3 is 2.48 bits per heavy atom. The van der Waals surface area contributed by atoms with Crippen LogP contribution in [0, 0.1) is 0 Å². The molecule has 0 aliphatic heterocycles. The van der Waals surface area contributed by atoms with Crippen molar-refractivity contribution in [1.29, 1.82) is 0 Å². The molecule has 1 aromatic heterocycles. The van der Waals surface area contributed by atoms with Crippen LogP contribution < -0.4 is 5.32 Å². The van der Waals surface area contributed by atoms with Gasteiger partial charge in [-0.2, -0.15) is 18.3 Å². The number of aromatic nitrogens is 2. The van der Waals surface area contributed by atoms with Gasteiger partial charge in [0.1, 0.15) is 0 Å². The fraction of sp³-hybridized carbons (Fsp3) is 0.412. The average molecular weight is 354 g/mol. The number of nitrogens with one attached hydrogen (secondary N) is 2. The van der Waals surface area contributed by atoms with Gasteiger partial charge >= 0.3 is 12.2 Å². The minimum Gasteiger partial charge on any atom is -0.322 e. The molecule has 0 fully saturated rings. The smallest absolute Gasteiger partial charge is 0.322 e. The summed E-state index contributed by atoms with van der Waals surface area (Å²) >= 11 is 0. The van der Waals surface area contributed by atoms with Crippen LogP contribution in [0.25, 0.3) is 0 Å². The summed E-state index contributed by atoms with van der Waals surface area (Å²) < 4.78 is 38.1. The van der Waals surface area contributed by atoms with Crippen LogP contribution in [0.3, 0.4) is 0 Å². The van der Waals surface area contributed by atoms with Crippen molar-refractivity contribution in [2.75, 3.05) is 12.4 Å². The molecule has 2 N–H and O–H groups in total. The zero-order chi connectivity index (χ0) is 18.8. The zero-order valence-electron chi connectivity index (χ0n) is 14.5. The van der Waals surface area contributed by atoms with Crippen LogP contribution in [0.5, 0.6) is 0 Å². The molecule has 0 saturated heterocycles. The Morgan fingerprint density at radius 2 is 1.92 bits per heavy atom. The molecular weight excluding hydrogens is 333 g/mol. The average Bonchev–Trinajstić information content (AvgIpc) is 2.95. The number of halogens is 3. The normalized spacial score (nSPS) is 12.1. The number of anilines is 1. The van der Waals surface area contributed by atoms with Crippen LogP contribution in [0.15, 0.2) is 30.3 Å². The molecule has 1 heterocycles. The highest BCUT2D eigenvalue weighted by Gasteiger charge is 2.30. The molecule has 0 unspecified atom stereocenters. The largest absolute Gasteiger partial charge is 0.416 e. The van der Waals surface area contributed by atoms with Crippen LogP contribution >= 0.6 is 0 Å². The van der Waals surface area contributed by atoms with Crippen molar-refractivity contribution in [3.63, 3.8) is 0 Å². The molecule has 0 saturated carbocycles. The van der Waals surface area contributed by atoms with Gasteiger partial charge in [0.15, 0.2) is 0 Å². The summed E-state index contributed by atoms with van der Waals surface area (Å²) in [6.07, 6.45) is -4.45. The Bertz CT molecular complexity index is 747. The van der Waals surface area contributed by atoms with Gasteiger partial charge in [-0.25, -0.2) is 4.79 Å². The summed E-state index contributed by atoms with van der Waals surface area (Å²) in [7, 11) is 1.56. The predicted octanol–water partition coefficient (Wildman–Crippen LogP) is 4.39. The minimum absolute atomic E-state index is 0.0895. The number of urea groups is 1. The van der Waals surface area contributed by atoms with E-state index in [1.165, 1.54) is 17.0 Å². The second-order valence-electron chi connectivity index (χ2n) is 6.89. The number of carbonyl (C=O) groups is 1. The number of hydrogen-bond donors (Lipinski definition) is 2. The van der Waals surface area contributed by atoms with E-state index >= 15 is 0 Å². The Labute approximate surface area is 144 Å². The van der Waals surface area contributed by atoms with Crippen LogP contribution in [-0.2, 0) is 18.1 Å². The molecule has 5 nitrogen and oxygen atoms in total. The topological polar surface area (TPSA) is 61.0 Å². The van der Waals surface area contributed by atoms with Gasteiger partial charge in [0.25, 0.3) is 0 Å². The molecule has 8 heteroatoms. The summed E-state index contributed by atoms with van der Waals surface area (Å²) in [6.45, 7) is 6.33. The zero-order valence-corrected chi connectivity index (χ0v) is 14.5. The van der Waals surface area contributed by atoms with E-state index in [1.807, 2.05) is 26.8 Å². The first-order valence-electron chi connectivity index (χ1n) is 7.71. The van der Waals surface area contributed by atoms with E-state index in [2.05, 4.69) is 15.5 Å². The van der Waals surface area contributed by atoms with Crippen molar-refractivity contribution in [3.05, 3.63) is 47.3 Å². The summed E-state index contributed by atoms with van der Waals surface area (Å²) in [4.78, 5) is 13.5. The number of hydrogen-bond acceptors (Lipinski definition) is 2. The number of benzene rings is 1. The summed E-state index contributed by atoms with van der Waals surface area (Å²) in [5, 5.41) is 9.55. The fourth-order valence-corrected chi connectivity index (χ4v) is 2.15. The number of H-pyrrole nitrogens is 1. The second-order valence-corrected chi connectivity index (χ2v) is 6.89. The third kappa shape index (κ3) is 4.98. The summed E-state index contributed by atoms with van der Waals surface area (Å²) in [5.74, 6) is 0. The van der Waals surface area contributed by atoms with Crippen molar-refractivity contribution in [2.45, 2.75) is 38.9 Å². The summed E-state index contributed by atoms with van der Waals surface area (Å²) in [5.41, 5.74) is 0.775. The maximum absolute atomic E-state index is 12.7. The Hall–Kier alpha value is -2.51.